The molecule has 0 spiro atoms. The average molecular weight is 571 g/mol. The average Bonchev–Trinajstić information content (AvgIpc) is 3.60. The summed E-state index contributed by atoms with van der Waals surface area (Å²) in [5, 5.41) is 16.6. The molecule has 1 saturated heterocycles. The minimum absolute atomic E-state index is 0.0603. The molecule has 1 aliphatic heterocycles. The highest BCUT2D eigenvalue weighted by Gasteiger charge is 2.24. The second kappa shape index (κ2) is 11.4. The van der Waals surface area contributed by atoms with E-state index in [1.54, 1.807) is 23.9 Å². The number of anilines is 1. The number of fused-ring (bicyclic) bond motifs is 2. The van der Waals surface area contributed by atoms with Crippen molar-refractivity contribution in [2.24, 2.45) is 5.92 Å². The zero-order valence-electron chi connectivity index (χ0n) is 21.6. The molecule has 6 rings (SSSR count). The van der Waals surface area contributed by atoms with Crippen LogP contribution in [0.2, 0.25) is 5.02 Å². The van der Waals surface area contributed by atoms with Gasteiger partial charge in [0.2, 0.25) is 5.91 Å². The zero-order chi connectivity index (χ0) is 27.6. The third kappa shape index (κ3) is 5.32. The van der Waals surface area contributed by atoms with E-state index in [4.69, 9.17) is 16.3 Å². The van der Waals surface area contributed by atoms with Gasteiger partial charge in [0, 0.05) is 40.6 Å². The first-order valence-corrected chi connectivity index (χ1v) is 14.5. The van der Waals surface area contributed by atoms with Crippen LogP contribution in [0.15, 0.2) is 89.8 Å². The van der Waals surface area contributed by atoms with E-state index in [-0.39, 0.29) is 17.4 Å². The van der Waals surface area contributed by atoms with Crippen molar-refractivity contribution in [2.75, 3.05) is 18.5 Å². The molecule has 0 bridgehead atoms. The van der Waals surface area contributed by atoms with Gasteiger partial charge in [-0.15, -0.1) is 11.8 Å². The highest BCUT2D eigenvalue weighted by molar-refractivity contribution is 7.98. The van der Waals surface area contributed by atoms with E-state index in [2.05, 4.69) is 40.2 Å². The van der Waals surface area contributed by atoms with Crippen LogP contribution >= 0.6 is 23.4 Å². The van der Waals surface area contributed by atoms with Crippen molar-refractivity contribution in [1.29, 1.82) is 0 Å². The maximum atomic E-state index is 12.7. The van der Waals surface area contributed by atoms with Gasteiger partial charge < -0.3 is 19.7 Å². The van der Waals surface area contributed by atoms with E-state index in [1.807, 2.05) is 42.5 Å². The largest absolute Gasteiger partial charge is 0.478 e. The summed E-state index contributed by atoms with van der Waals surface area (Å²) in [5.74, 6) is -0.597. The molecule has 2 heterocycles. The molecule has 0 saturated carbocycles. The van der Waals surface area contributed by atoms with E-state index >= 15 is 0 Å². The number of aromatic nitrogens is 1. The molecule has 1 atom stereocenters. The fraction of sp³-hybridized carbons (Fsp3) is 0.188. The maximum absolute atomic E-state index is 12.7. The number of ether oxygens (including phenoxy) is 1. The Morgan fingerprint density at radius 1 is 1.00 bits per heavy atom. The first-order chi connectivity index (χ1) is 19.5. The van der Waals surface area contributed by atoms with Crippen LogP contribution in [0.3, 0.4) is 0 Å². The Bertz CT molecular complexity index is 1740. The van der Waals surface area contributed by atoms with Crippen LogP contribution < -0.4 is 5.32 Å². The fourth-order valence-electron chi connectivity index (χ4n) is 5.20. The number of benzene rings is 4. The fourth-order valence-corrected chi connectivity index (χ4v) is 6.58. The third-order valence-corrected chi connectivity index (χ3v) is 8.77. The zero-order valence-corrected chi connectivity index (χ0v) is 23.2. The number of thioether (sulfide) groups is 1. The summed E-state index contributed by atoms with van der Waals surface area (Å²) in [7, 11) is 0. The number of hydrogen-bond acceptors (Lipinski definition) is 4. The number of carboxylic acids is 1. The number of carboxylic acid groups (broad SMARTS) is 1. The molecule has 2 N–H and O–H groups in total. The van der Waals surface area contributed by atoms with Crippen LogP contribution in [-0.2, 0) is 21.8 Å². The number of carbonyl (C=O) groups excluding carboxylic acids is 1. The molecule has 0 radical (unpaired) electrons. The van der Waals surface area contributed by atoms with Gasteiger partial charge in [-0.25, -0.2) is 4.79 Å². The monoisotopic (exact) mass is 570 g/mol. The molecule has 6 nitrogen and oxygen atoms in total. The quantitative estimate of drug-likeness (QED) is 0.189. The minimum atomic E-state index is -0.967. The lowest BCUT2D eigenvalue weighted by atomic mass is 10.1. The van der Waals surface area contributed by atoms with Crippen LogP contribution in [0.25, 0.3) is 21.7 Å². The topological polar surface area (TPSA) is 80.6 Å². The molecule has 0 aliphatic carbocycles. The molecule has 4 aromatic carbocycles. The SMILES string of the molecule is O=C(O)c1ccccc1Cn1c(CSc2ccc3ccccc3c2)c(Cl)c2cc(NC(=O)C3CCOC3)ccc21. The summed E-state index contributed by atoms with van der Waals surface area (Å²) in [5.41, 5.74) is 3.39. The normalized spacial score (nSPS) is 15.1. The first-order valence-electron chi connectivity index (χ1n) is 13.1. The van der Waals surface area contributed by atoms with Gasteiger partial charge in [-0.2, -0.15) is 0 Å². The van der Waals surface area contributed by atoms with Gasteiger partial charge in [-0.05, 0) is 59.2 Å². The van der Waals surface area contributed by atoms with E-state index in [0.717, 1.165) is 21.5 Å². The molecule has 202 valence electrons. The molecule has 1 fully saturated rings. The second-order valence-corrected chi connectivity index (χ2v) is 11.3. The summed E-state index contributed by atoms with van der Waals surface area (Å²) < 4.78 is 7.45. The van der Waals surface area contributed by atoms with E-state index in [9.17, 15) is 14.7 Å². The van der Waals surface area contributed by atoms with Gasteiger partial charge in [-0.1, -0.05) is 60.1 Å². The highest BCUT2D eigenvalue weighted by atomic mass is 35.5. The molecule has 8 heteroatoms. The number of nitrogens with one attached hydrogen (secondary N) is 1. The van der Waals surface area contributed by atoms with Crippen LogP contribution in [0, 0.1) is 5.92 Å². The predicted octanol–water partition coefficient (Wildman–Crippen LogP) is 7.46. The van der Waals surface area contributed by atoms with Crippen molar-refractivity contribution >= 4 is 62.6 Å². The number of carbonyl (C=O) groups is 2. The number of amides is 1. The molecular formula is C32H27ClN2O4S. The van der Waals surface area contributed by atoms with E-state index in [0.29, 0.717) is 48.2 Å². The Morgan fingerprint density at radius 3 is 2.60 bits per heavy atom. The van der Waals surface area contributed by atoms with Gasteiger partial charge in [0.05, 0.1) is 28.6 Å². The van der Waals surface area contributed by atoms with Crippen LogP contribution in [0.4, 0.5) is 5.69 Å². The Kier molecular flexibility index (Phi) is 7.52. The Hall–Kier alpha value is -3.78. The Morgan fingerprint density at radius 2 is 1.80 bits per heavy atom. The highest BCUT2D eigenvalue weighted by Crippen LogP contribution is 2.37. The van der Waals surface area contributed by atoms with Crippen molar-refractivity contribution in [3.63, 3.8) is 0 Å². The summed E-state index contributed by atoms with van der Waals surface area (Å²) in [6.45, 7) is 1.39. The lowest BCUT2D eigenvalue weighted by Gasteiger charge is -2.14. The van der Waals surface area contributed by atoms with Gasteiger partial charge in [0.15, 0.2) is 0 Å². The van der Waals surface area contributed by atoms with Crippen LogP contribution in [0.5, 0.6) is 0 Å². The number of aromatic carboxylic acids is 1. The predicted molar refractivity (Wildman–Crippen MR) is 161 cm³/mol. The van der Waals surface area contributed by atoms with Crippen molar-refractivity contribution in [1.82, 2.24) is 4.57 Å². The van der Waals surface area contributed by atoms with Crippen molar-refractivity contribution < 1.29 is 19.4 Å². The summed E-state index contributed by atoms with van der Waals surface area (Å²) in [4.78, 5) is 25.8. The first kappa shape index (κ1) is 26.4. The number of rotatable bonds is 8. The van der Waals surface area contributed by atoms with Gasteiger partial charge >= 0.3 is 5.97 Å². The molecule has 1 aromatic heterocycles. The van der Waals surface area contributed by atoms with Crippen LogP contribution in [-0.4, -0.2) is 34.8 Å². The van der Waals surface area contributed by atoms with E-state index in [1.165, 1.54) is 10.8 Å². The molecular weight excluding hydrogens is 544 g/mol. The van der Waals surface area contributed by atoms with Gasteiger partial charge in [0.1, 0.15) is 0 Å². The smallest absolute Gasteiger partial charge is 0.336 e. The third-order valence-electron chi connectivity index (χ3n) is 7.34. The minimum Gasteiger partial charge on any atom is -0.478 e. The molecule has 40 heavy (non-hydrogen) atoms. The van der Waals surface area contributed by atoms with Crippen molar-refractivity contribution in [3.05, 3.63) is 107 Å². The Balaban J connectivity index is 1.37. The lowest BCUT2D eigenvalue weighted by molar-refractivity contribution is -0.119. The number of hydrogen-bond donors (Lipinski definition) is 2. The van der Waals surface area contributed by atoms with E-state index < -0.39 is 5.97 Å². The number of halogens is 1. The Labute approximate surface area is 240 Å². The molecule has 1 amide bonds. The molecule has 1 unspecified atom stereocenters. The lowest BCUT2D eigenvalue weighted by Crippen LogP contribution is -2.22. The van der Waals surface area contributed by atoms with Gasteiger partial charge in [-0.3, -0.25) is 4.79 Å². The van der Waals surface area contributed by atoms with Crippen molar-refractivity contribution in [3.8, 4) is 0 Å². The second-order valence-electron chi connectivity index (χ2n) is 9.89. The molecule has 5 aromatic rings. The summed E-state index contributed by atoms with van der Waals surface area (Å²) in [6.07, 6.45) is 0.713. The number of nitrogens with zero attached hydrogens (tertiary/aromatic N) is 1. The van der Waals surface area contributed by atoms with Crippen molar-refractivity contribution in [2.45, 2.75) is 23.6 Å². The summed E-state index contributed by atoms with van der Waals surface area (Å²) >= 11 is 8.72. The maximum Gasteiger partial charge on any atom is 0.336 e. The standard InChI is InChI=1S/C32H27ClN2O4S/c33-30-27-16-24(34-31(36)23-13-14-39-18-23)10-12-28(27)35(17-22-7-3-4-8-26(22)32(37)38)29(30)19-40-25-11-9-20-5-1-2-6-21(20)15-25/h1-12,15-16,23H,13-14,17-19H2,(H,34,36)(H,37,38). The summed E-state index contributed by atoms with van der Waals surface area (Å²) in [6, 6.07) is 27.4. The van der Waals surface area contributed by atoms with Gasteiger partial charge in [0.25, 0.3) is 0 Å². The van der Waals surface area contributed by atoms with Crippen LogP contribution in [0.1, 0.15) is 28.0 Å². The molecule has 1 aliphatic rings.